The third-order valence-electron chi connectivity index (χ3n) is 10.7. The van der Waals surface area contributed by atoms with Gasteiger partial charge in [-0.05, 0) is 54.6 Å². The molecular weight excluding hydrogens is 508 g/mol. The van der Waals surface area contributed by atoms with Gasteiger partial charge in [-0.3, -0.25) is 4.79 Å². The van der Waals surface area contributed by atoms with Gasteiger partial charge in [-0.1, -0.05) is 27.7 Å². The number of rotatable bonds is 5. The lowest BCUT2D eigenvalue weighted by molar-refractivity contribution is -0.304. The molecule has 218 valence electrons. The molecule has 1 saturated heterocycles. The minimum absolute atomic E-state index is 0.0205. The van der Waals surface area contributed by atoms with Gasteiger partial charge < -0.3 is 44.8 Å². The first-order valence-corrected chi connectivity index (χ1v) is 13.9. The number of aliphatic hydroxyl groups excluding tert-OH is 5. The van der Waals surface area contributed by atoms with E-state index in [4.69, 9.17) is 14.2 Å². The molecule has 0 amide bonds. The van der Waals surface area contributed by atoms with Gasteiger partial charge in [-0.25, -0.2) is 0 Å². The predicted molar refractivity (Wildman–Crippen MR) is 138 cm³/mol. The van der Waals surface area contributed by atoms with Gasteiger partial charge in [0.15, 0.2) is 12.6 Å². The Bertz CT molecular complexity index is 1100. The van der Waals surface area contributed by atoms with E-state index in [9.17, 15) is 35.4 Å². The van der Waals surface area contributed by atoms with E-state index in [1.165, 1.54) is 6.07 Å². The van der Waals surface area contributed by atoms with E-state index in [0.29, 0.717) is 36.0 Å². The molecule has 4 aliphatic rings. The summed E-state index contributed by atoms with van der Waals surface area (Å²) in [6.07, 6.45) is -3.21. The van der Waals surface area contributed by atoms with Crippen molar-refractivity contribution >= 4 is 6.29 Å². The highest BCUT2D eigenvalue weighted by molar-refractivity contribution is 5.84. The van der Waals surface area contributed by atoms with Crippen LogP contribution in [0.4, 0.5) is 0 Å². The number of hydrogen-bond donors (Lipinski definition) is 6. The zero-order valence-corrected chi connectivity index (χ0v) is 23.0. The van der Waals surface area contributed by atoms with E-state index in [0.717, 1.165) is 19.3 Å². The molecule has 10 unspecified atom stereocenters. The Kier molecular flexibility index (Phi) is 7.32. The van der Waals surface area contributed by atoms with Gasteiger partial charge in [0.2, 0.25) is 0 Å². The number of hydrogen-bond acceptors (Lipinski definition) is 10. The average molecular weight is 551 g/mol. The van der Waals surface area contributed by atoms with E-state index >= 15 is 0 Å². The maximum absolute atomic E-state index is 12.4. The molecule has 10 nitrogen and oxygen atoms in total. The number of benzene rings is 1. The van der Waals surface area contributed by atoms with Crippen molar-refractivity contribution < 1.29 is 49.6 Å². The van der Waals surface area contributed by atoms with Crippen LogP contribution in [0.15, 0.2) is 6.07 Å². The van der Waals surface area contributed by atoms with E-state index in [1.807, 2.05) is 0 Å². The zero-order chi connectivity index (χ0) is 28.5. The smallest absolute Gasteiger partial charge is 0.187 e. The molecule has 3 fully saturated rings. The summed E-state index contributed by atoms with van der Waals surface area (Å²) in [5.41, 5.74) is -0.144. The van der Waals surface area contributed by atoms with Gasteiger partial charge in [0.1, 0.15) is 41.5 Å². The molecule has 1 spiro atoms. The monoisotopic (exact) mass is 550 g/mol. The molecule has 39 heavy (non-hydrogen) atoms. The van der Waals surface area contributed by atoms with Crippen LogP contribution in [-0.4, -0.2) is 85.9 Å². The Morgan fingerprint density at radius 2 is 1.79 bits per heavy atom. The SMILES string of the molecule is CC1CCC2C(C)(C)C(O)CCC2(C)C12Cc1c(O)cc(COC3OC(CO)C(O)C(O)C3O)c(C=O)c1O2. The third-order valence-corrected chi connectivity index (χ3v) is 10.7. The Labute approximate surface area is 228 Å². The number of carbonyl (C=O) groups excluding carboxylic acids is 1. The Balaban J connectivity index is 1.46. The predicted octanol–water partition coefficient (Wildman–Crippen LogP) is 1.43. The zero-order valence-electron chi connectivity index (χ0n) is 23.0. The molecule has 0 bridgehead atoms. The molecule has 1 aromatic rings. The molecule has 5 rings (SSSR count). The Hall–Kier alpha value is -1.79. The summed E-state index contributed by atoms with van der Waals surface area (Å²) in [4.78, 5) is 12.4. The lowest BCUT2D eigenvalue weighted by atomic mass is 9.43. The lowest BCUT2D eigenvalue weighted by Crippen LogP contribution is -2.66. The molecule has 1 aromatic carbocycles. The normalized spacial score (nSPS) is 43.0. The number of fused-ring (bicyclic) bond motifs is 3. The van der Waals surface area contributed by atoms with Gasteiger partial charge in [0.25, 0.3) is 0 Å². The van der Waals surface area contributed by atoms with Crippen LogP contribution >= 0.6 is 0 Å². The lowest BCUT2D eigenvalue weighted by Gasteiger charge is -2.64. The van der Waals surface area contributed by atoms with Crippen molar-refractivity contribution in [3.05, 3.63) is 22.8 Å². The molecule has 2 aliphatic carbocycles. The highest BCUT2D eigenvalue weighted by atomic mass is 16.7. The van der Waals surface area contributed by atoms with Crippen molar-refractivity contribution in [2.75, 3.05) is 6.61 Å². The number of carbonyl (C=O) groups is 1. The fraction of sp³-hybridized carbons (Fsp3) is 0.759. The van der Waals surface area contributed by atoms with Crippen LogP contribution in [-0.2, 0) is 22.5 Å². The van der Waals surface area contributed by atoms with E-state index in [1.54, 1.807) is 0 Å². The van der Waals surface area contributed by atoms with Crippen LogP contribution < -0.4 is 4.74 Å². The first-order chi connectivity index (χ1) is 18.3. The highest BCUT2D eigenvalue weighted by Crippen LogP contribution is 2.67. The number of phenols is 1. The summed E-state index contributed by atoms with van der Waals surface area (Å²) < 4.78 is 18.0. The molecule has 0 aromatic heterocycles. The van der Waals surface area contributed by atoms with Crippen LogP contribution in [0, 0.1) is 22.7 Å². The molecule has 2 heterocycles. The summed E-state index contributed by atoms with van der Waals surface area (Å²) in [5.74, 6) is 0.642. The van der Waals surface area contributed by atoms with Gasteiger partial charge in [-0.2, -0.15) is 0 Å². The van der Waals surface area contributed by atoms with Crippen LogP contribution in [0.5, 0.6) is 11.5 Å². The van der Waals surface area contributed by atoms with Crippen LogP contribution in [0.25, 0.3) is 0 Å². The van der Waals surface area contributed by atoms with Crippen molar-refractivity contribution in [1.29, 1.82) is 0 Å². The average Bonchev–Trinajstić information content (AvgIpc) is 3.31. The van der Waals surface area contributed by atoms with Crippen LogP contribution in [0.2, 0.25) is 0 Å². The van der Waals surface area contributed by atoms with Crippen molar-refractivity contribution in [1.82, 2.24) is 0 Å². The largest absolute Gasteiger partial charge is 0.508 e. The summed E-state index contributed by atoms with van der Waals surface area (Å²) in [7, 11) is 0. The summed E-state index contributed by atoms with van der Waals surface area (Å²) in [6.45, 7) is 7.77. The van der Waals surface area contributed by atoms with Crippen molar-refractivity contribution in [3.8, 4) is 11.5 Å². The summed E-state index contributed by atoms with van der Waals surface area (Å²) in [6, 6.07) is 1.46. The summed E-state index contributed by atoms with van der Waals surface area (Å²) >= 11 is 0. The number of ether oxygens (including phenoxy) is 3. The number of aromatic hydroxyl groups is 1. The fourth-order valence-corrected chi connectivity index (χ4v) is 8.19. The fourth-order valence-electron chi connectivity index (χ4n) is 8.19. The minimum Gasteiger partial charge on any atom is -0.508 e. The van der Waals surface area contributed by atoms with Crippen molar-refractivity contribution in [3.63, 3.8) is 0 Å². The minimum atomic E-state index is -1.59. The number of aliphatic hydroxyl groups is 5. The maximum Gasteiger partial charge on any atom is 0.187 e. The molecule has 2 aliphatic heterocycles. The molecule has 10 heteroatoms. The summed E-state index contributed by atoms with van der Waals surface area (Å²) in [5, 5.41) is 61.8. The molecule has 0 radical (unpaired) electrons. The Morgan fingerprint density at radius 1 is 1.08 bits per heavy atom. The molecule has 10 atom stereocenters. The molecular formula is C29H42O10. The second kappa shape index (κ2) is 9.94. The second-order valence-corrected chi connectivity index (χ2v) is 12.9. The molecule has 2 saturated carbocycles. The van der Waals surface area contributed by atoms with Gasteiger partial charge >= 0.3 is 0 Å². The highest BCUT2D eigenvalue weighted by Gasteiger charge is 2.67. The first kappa shape index (κ1) is 28.7. The Morgan fingerprint density at radius 3 is 2.46 bits per heavy atom. The third kappa shape index (κ3) is 4.14. The quantitative estimate of drug-likeness (QED) is 0.295. The number of aldehydes is 1. The van der Waals surface area contributed by atoms with Gasteiger partial charge in [0, 0.05) is 17.4 Å². The van der Waals surface area contributed by atoms with E-state index in [2.05, 4.69) is 27.7 Å². The topological polar surface area (TPSA) is 166 Å². The van der Waals surface area contributed by atoms with E-state index < -0.39 is 49.0 Å². The van der Waals surface area contributed by atoms with Crippen molar-refractivity contribution in [2.24, 2.45) is 22.7 Å². The van der Waals surface area contributed by atoms with Crippen LogP contribution in [0.3, 0.4) is 0 Å². The van der Waals surface area contributed by atoms with Gasteiger partial charge in [0.05, 0.1) is 24.9 Å². The first-order valence-electron chi connectivity index (χ1n) is 13.9. The van der Waals surface area contributed by atoms with E-state index in [-0.39, 0.29) is 40.6 Å². The van der Waals surface area contributed by atoms with Crippen LogP contribution in [0.1, 0.15) is 74.9 Å². The second-order valence-electron chi connectivity index (χ2n) is 12.9. The maximum atomic E-state index is 12.4. The molecule has 6 N–H and O–H groups in total. The number of phenolic OH excluding ortho intramolecular Hbond substituents is 1. The standard InChI is InChI=1S/C29H42O10/c1-14-5-6-20-27(2,3)21(33)7-8-28(20,4)29(14)10-16-18(32)9-15(17(11-30)25(16)39-29)13-37-26-24(36)23(35)22(34)19(12-31)38-26/h9,11,14,19-24,26,31-36H,5-8,10,12-13H2,1-4H3. The van der Waals surface area contributed by atoms with Gasteiger partial charge in [-0.15, -0.1) is 0 Å². The van der Waals surface area contributed by atoms with Crippen molar-refractivity contribution in [2.45, 2.75) is 109 Å².